The second-order valence-electron chi connectivity index (χ2n) is 5.08. The molecule has 0 bridgehead atoms. The highest BCUT2D eigenvalue weighted by Gasteiger charge is 2.16. The number of hydrogen-bond donors (Lipinski definition) is 1. The maximum atomic E-state index is 12.1. The van der Waals surface area contributed by atoms with Crippen molar-refractivity contribution < 1.29 is 14.2 Å². The van der Waals surface area contributed by atoms with Crippen LogP contribution in [-0.4, -0.2) is 22.3 Å². The molecule has 1 amide bonds. The highest BCUT2D eigenvalue weighted by molar-refractivity contribution is 7.12. The van der Waals surface area contributed by atoms with E-state index in [9.17, 15) is 4.79 Å². The molecule has 0 saturated carbocycles. The fourth-order valence-electron chi connectivity index (χ4n) is 2.00. The largest absolute Gasteiger partial charge is 0.491 e. The maximum absolute atomic E-state index is 12.1. The van der Waals surface area contributed by atoms with E-state index in [1.807, 2.05) is 49.6 Å². The Morgan fingerprint density at radius 2 is 2.00 bits per heavy atom. The molecule has 1 aromatic carbocycles. The molecule has 0 radical (unpaired) electrons. The number of anilines is 1. The van der Waals surface area contributed by atoms with Crippen LogP contribution in [0.1, 0.15) is 23.5 Å². The van der Waals surface area contributed by atoms with E-state index < -0.39 is 0 Å². The van der Waals surface area contributed by atoms with E-state index in [0.717, 1.165) is 11.3 Å². The Morgan fingerprint density at radius 1 is 1.22 bits per heavy atom. The first-order valence-electron chi connectivity index (χ1n) is 7.08. The zero-order valence-corrected chi connectivity index (χ0v) is 13.5. The summed E-state index contributed by atoms with van der Waals surface area (Å²) in [5, 5.41) is 12.2. The number of hydrogen-bond acceptors (Lipinski definition) is 6. The molecule has 1 N–H and O–H groups in total. The number of nitrogens with zero attached hydrogens (tertiary/aromatic N) is 2. The Kier molecular flexibility index (Phi) is 4.38. The van der Waals surface area contributed by atoms with Crippen molar-refractivity contribution in [2.24, 2.45) is 0 Å². The van der Waals surface area contributed by atoms with Crippen LogP contribution in [-0.2, 0) is 0 Å². The third-order valence-corrected chi connectivity index (χ3v) is 3.83. The van der Waals surface area contributed by atoms with Crippen molar-refractivity contribution in [3.63, 3.8) is 0 Å². The lowest BCUT2D eigenvalue weighted by Gasteiger charge is -2.09. The molecule has 0 atom stereocenters. The van der Waals surface area contributed by atoms with Gasteiger partial charge in [-0.2, -0.15) is 0 Å². The number of carbonyl (C=O) groups excluding carboxylic acids is 1. The molecule has 0 aliphatic heterocycles. The maximum Gasteiger partial charge on any atom is 0.267 e. The minimum Gasteiger partial charge on any atom is -0.491 e. The number of rotatable bonds is 5. The lowest BCUT2D eigenvalue weighted by Crippen LogP contribution is -2.11. The van der Waals surface area contributed by atoms with Crippen molar-refractivity contribution in [3.8, 4) is 17.0 Å². The van der Waals surface area contributed by atoms with E-state index in [0.29, 0.717) is 16.4 Å². The summed E-state index contributed by atoms with van der Waals surface area (Å²) < 4.78 is 10.4. The van der Waals surface area contributed by atoms with Gasteiger partial charge in [0.15, 0.2) is 5.69 Å². The quantitative estimate of drug-likeness (QED) is 0.769. The smallest absolute Gasteiger partial charge is 0.267 e. The van der Waals surface area contributed by atoms with E-state index in [1.165, 1.54) is 11.3 Å². The summed E-state index contributed by atoms with van der Waals surface area (Å²) >= 11 is 1.35. The molecule has 0 aliphatic carbocycles. The molecule has 0 fully saturated rings. The standard InChI is InChI=1S/C16H15N3O3S/c1-10(2)21-12-7-5-11(6-8-12)14-15(19-22-18-14)17-16(20)13-4-3-9-23-13/h3-10H,1-2H3,(H,17,19,20). The van der Waals surface area contributed by atoms with Crippen molar-refractivity contribution in [3.05, 3.63) is 46.7 Å². The normalized spacial score (nSPS) is 10.7. The first-order valence-corrected chi connectivity index (χ1v) is 7.96. The third kappa shape index (κ3) is 3.57. The van der Waals surface area contributed by atoms with E-state index in [-0.39, 0.29) is 12.0 Å². The zero-order chi connectivity index (χ0) is 16.2. The summed E-state index contributed by atoms with van der Waals surface area (Å²) in [4.78, 5) is 12.7. The molecular formula is C16H15N3O3S. The van der Waals surface area contributed by atoms with Gasteiger partial charge in [0.1, 0.15) is 5.75 Å². The number of benzene rings is 1. The Balaban J connectivity index is 1.79. The van der Waals surface area contributed by atoms with Gasteiger partial charge in [-0.05, 0) is 59.9 Å². The van der Waals surface area contributed by atoms with Gasteiger partial charge in [0.2, 0.25) is 5.82 Å². The molecule has 0 unspecified atom stereocenters. The number of nitrogens with one attached hydrogen (secondary N) is 1. The highest BCUT2D eigenvalue weighted by Crippen LogP contribution is 2.27. The van der Waals surface area contributed by atoms with Crippen LogP contribution in [0.5, 0.6) is 5.75 Å². The van der Waals surface area contributed by atoms with Crippen molar-refractivity contribution in [2.45, 2.75) is 20.0 Å². The average Bonchev–Trinajstić information content (AvgIpc) is 3.18. The fraction of sp³-hybridized carbons (Fsp3) is 0.188. The van der Waals surface area contributed by atoms with Gasteiger partial charge in [0.05, 0.1) is 11.0 Å². The van der Waals surface area contributed by atoms with Gasteiger partial charge < -0.3 is 10.1 Å². The predicted molar refractivity (Wildman–Crippen MR) is 87.8 cm³/mol. The monoisotopic (exact) mass is 329 g/mol. The summed E-state index contributed by atoms with van der Waals surface area (Å²) in [6, 6.07) is 10.9. The van der Waals surface area contributed by atoms with Gasteiger partial charge in [0.25, 0.3) is 5.91 Å². The Hall–Kier alpha value is -2.67. The van der Waals surface area contributed by atoms with Crippen LogP contribution in [0.15, 0.2) is 46.4 Å². The molecule has 0 aliphatic rings. The molecule has 3 aromatic rings. The van der Waals surface area contributed by atoms with Crippen LogP contribution in [0.25, 0.3) is 11.3 Å². The Bertz CT molecular complexity index is 779. The lowest BCUT2D eigenvalue weighted by atomic mass is 10.1. The molecular weight excluding hydrogens is 314 g/mol. The predicted octanol–water partition coefficient (Wildman–Crippen LogP) is 3.84. The van der Waals surface area contributed by atoms with Crippen LogP contribution in [0, 0.1) is 0 Å². The van der Waals surface area contributed by atoms with E-state index >= 15 is 0 Å². The van der Waals surface area contributed by atoms with Crippen LogP contribution >= 0.6 is 11.3 Å². The Morgan fingerprint density at radius 3 is 2.65 bits per heavy atom. The molecule has 23 heavy (non-hydrogen) atoms. The van der Waals surface area contributed by atoms with Crippen molar-refractivity contribution >= 4 is 23.1 Å². The second-order valence-corrected chi connectivity index (χ2v) is 6.03. The minimum absolute atomic E-state index is 0.107. The first kappa shape index (κ1) is 15.2. The molecule has 3 rings (SSSR count). The average molecular weight is 329 g/mol. The number of thiophene rings is 1. The van der Waals surface area contributed by atoms with Crippen molar-refractivity contribution in [2.75, 3.05) is 5.32 Å². The molecule has 0 saturated heterocycles. The fourth-order valence-corrected chi connectivity index (χ4v) is 2.62. The van der Waals surface area contributed by atoms with Crippen LogP contribution < -0.4 is 10.1 Å². The van der Waals surface area contributed by atoms with Crippen LogP contribution in [0.3, 0.4) is 0 Å². The van der Waals surface area contributed by atoms with Crippen molar-refractivity contribution in [1.29, 1.82) is 0 Å². The van der Waals surface area contributed by atoms with Gasteiger partial charge in [-0.3, -0.25) is 4.79 Å². The first-order chi connectivity index (χ1) is 11.1. The van der Waals surface area contributed by atoms with Gasteiger partial charge in [-0.15, -0.1) is 11.3 Å². The lowest BCUT2D eigenvalue weighted by molar-refractivity contribution is 0.102. The minimum atomic E-state index is -0.239. The summed E-state index contributed by atoms with van der Waals surface area (Å²) in [6.45, 7) is 3.93. The highest BCUT2D eigenvalue weighted by atomic mass is 32.1. The molecule has 6 nitrogen and oxygen atoms in total. The van der Waals surface area contributed by atoms with Gasteiger partial charge >= 0.3 is 0 Å². The topological polar surface area (TPSA) is 77.2 Å². The Labute approximate surface area is 137 Å². The second kappa shape index (κ2) is 6.62. The zero-order valence-electron chi connectivity index (χ0n) is 12.6. The van der Waals surface area contributed by atoms with Crippen LogP contribution in [0.2, 0.25) is 0 Å². The van der Waals surface area contributed by atoms with E-state index in [4.69, 9.17) is 9.37 Å². The summed E-state index contributed by atoms with van der Waals surface area (Å²) in [5.74, 6) is 0.821. The van der Waals surface area contributed by atoms with E-state index in [2.05, 4.69) is 15.6 Å². The molecule has 2 heterocycles. The number of aromatic nitrogens is 2. The molecule has 7 heteroatoms. The van der Waals surface area contributed by atoms with Gasteiger partial charge in [0, 0.05) is 5.56 Å². The number of amides is 1. The summed E-state index contributed by atoms with van der Waals surface area (Å²) in [7, 11) is 0. The molecule has 0 spiro atoms. The van der Waals surface area contributed by atoms with Crippen LogP contribution in [0.4, 0.5) is 5.82 Å². The number of carbonyl (C=O) groups is 1. The summed E-state index contributed by atoms with van der Waals surface area (Å²) in [5.41, 5.74) is 1.26. The van der Waals surface area contributed by atoms with Crippen molar-refractivity contribution in [1.82, 2.24) is 10.3 Å². The third-order valence-electron chi connectivity index (χ3n) is 2.96. The van der Waals surface area contributed by atoms with Gasteiger partial charge in [-0.1, -0.05) is 6.07 Å². The molecule has 2 aromatic heterocycles. The SMILES string of the molecule is CC(C)Oc1ccc(-c2nonc2NC(=O)c2cccs2)cc1. The van der Waals surface area contributed by atoms with E-state index in [1.54, 1.807) is 6.07 Å². The summed E-state index contributed by atoms with van der Waals surface area (Å²) in [6.07, 6.45) is 0.107. The van der Waals surface area contributed by atoms with Gasteiger partial charge in [-0.25, -0.2) is 4.63 Å². The number of ether oxygens (including phenoxy) is 1. The molecule has 118 valence electrons.